The second-order valence-corrected chi connectivity index (χ2v) is 4.31. The Morgan fingerprint density at radius 1 is 1.47 bits per heavy atom. The summed E-state index contributed by atoms with van der Waals surface area (Å²) in [7, 11) is 0. The van der Waals surface area contributed by atoms with Crippen molar-refractivity contribution in [1.82, 2.24) is 14.7 Å². The van der Waals surface area contributed by atoms with Crippen LogP contribution in [0.3, 0.4) is 0 Å². The van der Waals surface area contributed by atoms with Gasteiger partial charge in [0.15, 0.2) is 0 Å². The van der Waals surface area contributed by atoms with Crippen molar-refractivity contribution in [2.75, 3.05) is 6.54 Å². The van der Waals surface area contributed by atoms with Crippen molar-refractivity contribution in [3.05, 3.63) is 35.2 Å². The fourth-order valence-electron chi connectivity index (χ4n) is 1.59. The van der Waals surface area contributed by atoms with E-state index >= 15 is 0 Å². The lowest BCUT2D eigenvalue weighted by molar-refractivity contribution is -0.120. The number of nitrogens with one attached hydrogen (secondary N) is 1. The van der Waals surface area contributed by atoms with E-state index in [1.807, 2.05) is 23.6 Å². The van der Waals surface area contributed by atoms with Gasteiger partial charge in [0.1, 0.15) is 5.65 Å². The van der Waals surface area contributed by atoms with E-state index in [2.05, 4.69) is 10.3 Å². The van der Waals surface area contributed by atoms with Crippen molar-refractivity contribution in [2.24, 2.45) is 0 Å². The van der Waals surface area contributed by atoms with Gasteiger partial charge >= 0.3 is 0 Å². The van der Waals surface area contributed by atoms with E-state index in [0.717, 1.165) is 17.8 Å². The van der Waals surface area contributed by atoms with Crippen LogP contribution < -0.4 is 5.32 Å². The Kier molecular flexibility index (Phi) is 3.64. The van der Waals surface area contributed by atoms with Crippen molar-refractivity contribution in [2.45, 2.75) is 19.8 Å². The van der Waals surface area contributed by atoms with Crippen LogP contribution in [0.25, 0.3) is 5.65 Å². The highest BCUT2D eigenvalue weighted by Crippen LogP contribution is 2.11. The van der Waals surface area contributed by atoms with Crippen LogP contribution in [0.4, 0.5) is 0 Å². The molecule has 1 N–H and O–H groups in total. The summed E-state index contributed by atoms with van der Waals surface area (Å²) < 4.78 is 1.82. The highest BCUT2D eigenvalue weighted by molar-refractivity contribution is 6.30. The van der Waals surface area contributed by atoms with Crippen LogP contribution in [-0.2, 0) is 11.2 Å². The molecule has 2 heterocycles. The Labute approximate surface area is 105 Å². The fraction of sp³-hybridized carbons (Fsp3) is 0.333. The third kappa shape index (κ3) is 2.97. The van der Waals surface area contributed by atoms with Gasteiger partial charge in [0.05, 0.1) is 17.1 Å². The summed E-state index contributed by atoms with van der Waals surface area (Å²) in [5.41, 5.74) is 1.55. The summed E-state index contributed by atoms with van der Waals surface area (Å²) in [6, 6.07) is 3.61. The Bertz CT molecular complexity index is 536. The second-order valence-electron chi connectivity index (χ2n) is 3.87. The Hall–Kier alpha value is -1.55. The molecule has 0 unspecified atom stereocenters. The quantitative estimate of drug-likeness (QED) is 0.904. The zero-order valence-electron chi connectivity index (χ0n) is 9.61. The zero-order valence-corrected chi connectivity index (χ0v) is 10.4. The predicted molar refractivity (Wildman–Crippen MR) is 67.2 cm³/mol. The number of aromatic nitrogens is 2. The van der Waals surface area contributed by atoms with E-state index in [0.29, 0.717) is 18.0 Å². The zero-order chi connectivity index (χ0) is 12.3. The van der Waals surface area contributed by atoms with E-state index in [1.165, 1.54) is 0 Å². The van der Waals surface area contributed by atoms with Gasteiger partial charge in [-0.15, -0.1) is 0 Å². The van der Waals surface area contributed by atoms with Crippen LogP contribution in [0.15, 0.2) is 24.5 Å². The first-order valence-electron chi connectivity index (χ1n) is 5.59. The topological polar surface area (TPSA) is 46.4 Å². The standard InChI is InChI=1S/C12H14ClN3O/c1-2-5-14-12(17)6-10-8-16-7-9(13)3-4-11(16)15-10/h3-4,7-8H,2,5-6H2,1H3,(H,14,17). The first-order valence-corrected chi connectivity index (χ1v) is 5.96. The molecule has 17 heavy (non-hydrogen) atoms. The normalized spacial score (nSPS) is 10.7. The average molecular weight is 252 g/mol. The van der Waals surface area contributed by atoms with E-state index in [4.69, 9.17) is 11.6 Å². The first kappa shape index (κ1) is 11.9. The molecule has 90 valence electrons. The number of amides is 1. The van der Waals surface area contributed by atoms with Crippen LogP contribution in [0.1, 0.15) is 19.0 Å². The number of halogens is 1. The predicted octanol–water partition coefficient (Wildman–Crippen LogP) is 2.06. The maximum atomic E-state index is 11.5. The number of hydrogen-bond donors (Lipinski definition) is 1. The molecule has 2 aromatic heterocycles. The minimum Gasteiger partial charge on any atom is -0.356 e. The minimum atomic E-state index is 0.00125. The molecule has 0 aliphatic heterocycles. The summed E-state index contributed by atoms with van der Waals surface area (Å²) in [5.74, 6) is 0.00125. The van der Waals surface area contributed by atoms with Gasteiger partial charge in [0, 0.05) is 18.9 Å². The van der Waals surface area contributed by atoms with Gasteiger partial charge in [-0.25, -0.2) is 4.98 Å². The molecule has 4 nitrogen and oxygen atoms in total. The van der Waals surface area contributed by atoms with Gasteiger partial charge in [-0.2, -0.15) is 0 Å². The largest absolute Gasteiger partial charge is 0.356 e. The third-order valence-corrected chi connectivity index (χ3v) is 2.60. The van der Waals surface area contributed by atoms with Gasteiger partial charge < -0.3 is 9.72 Å². The number of carbonyl (C=O) groups is 1. The molecule has 0 atom stereocenters. The Morgan fingerprint density at radius 3 is 3.06 bits per heavy atom. The van der Waals surface area contributed by atoms with Gasteiger partial charge in [0.2, 0.25) is 5.91 Å². The summed E-state index contributed by atoms with van der Waals surface area (Å²) in [6.07, 6.45) is 4.84. The van der Waals surface area contributed by atoms with Gasteiger partial charge in [-0.1, -0.05) is 18.5 Å². The summed E-state index contributed by atoms with van der Waals surface area (Å²) >= 11 is 5.87. The molecule has 2 aromatic rings. The van der Waals surface area contributed by atoms with Crippen LogP contribution >= 0.6 is 11.6 Å². The molecule has 0 fully saturated rings. The third-order valence-electron chi connectivity index (χ3n) is 2.38. The van der Waals surface area contributed by atoms with Gasteiger partial charge in [-0.3, -0.25) is 4.79 Å². The van der Waals surface area contributed by atoms with Crippen LogP contribution in [0.2, 0.25) is 5.02 Å². The summed E-state index contributed by atoms with van der Waals surface area (Å²) in [4.78, 5) is 15.9. The molecule has 0 aliphatic carbocycles. The molecule has 0 bridgehead atoms. The lowest BCUT2D eigenvalue weighted by atomic mass is 10.3. The number of hydrogen-bond acceptors (Lipinski definition) is 2. The van der Waals surface area contributed by atoms with Crippen molar-refractivity contribution in [3.63, 3.8) is 0 Å². The van der Waals surface area contributed by atoms with Crippen molar-refractivity contribution in [1.29, 1.82) is 0 Å². The second kappa shape index (κ2) is 5.19. The molecule has 0 saturated carbocycles. The summed E-state index contributed by atoms with van der Waals surface area (Å²) in [6.45, 7) is 2.73. The number of carbonyl (C=O) groups excluding carboxylic acids is 1. The molecule has 5 heteroatoms. The number of fused-ring (bicyclic) bond motifs is 1. The molecule has 2 rings (SSSR count). The maximum Gasteiger partial charge on any atom is 0.226 e. The number of rotatable bonds is 4. The molecular weight excluding hydrogens is 238 g/mol. The first-order chi connectivity index (χ1) is 8.19. The lowest BCUT2D eigenvalue weighted by Gasteiger charge is -1.99. The van der Waals surface area contributed by atoms with E-state index in [-0.39, 0.29) is 5.91 Å². The van der Waals surface area contributed by atoms with Gasteiger partial charge in [0.25, 0.3) is 0 Å². The minimum absolute atomic E-state index is 0.00125. The maximum absolute atomic E-state index is 11.5. The molecular formula is C12H14ClN3O. The monoisotopic (exact) mass is 251 g/mol. The molecule has 1 amide bonds. The lowest BCUT2D eigenvalue weighted by Crippen LogP contribution is -2.25. The Morgan fingerprint density at radius 2 is 2.29 bits per heavy atom. The molecule has 0 radical (unpaired) electrons. The van der Waals surface area contributed by atoms with Crippen LogP contribution in [0.5, 0.6) is 0 Å². The number of pyridine rings is 1. The summed E-state index contributed by atoms with van der Waals surface area (Å²) in [5, 5.41) is 3.47. The fourth-order valence-corrected chi connectivity index (χ4v) is 1.76. The van der Waals surface area contributed by atoms with E-state index in [1.54, 1.807) is 12.3 Å². The van der Waals surface area contributed by atoms with Crippen LogP contribution in [0, 0.1) is 0 Å². The Balaban J connectivity index is 2.11. The highest BCUT2D eigenvalue weighted by atomic mass is 35.5. The van der Waals surface area contributed by atoms with Crippen LogP contribution in [-0.4, -0.2) is 21.8 Å². The molecule has 0 aliphatic rings. The smallest absolute Gasteiger partial charge is 0.226 e. The van der Waals surface area contributed by atoms with Gasteiger partial charge in [-0.05, 0) is 18.6 Å². The number of imidazole rings is 1. The SMILES string of the molecule is CCCNC(=O)Cc1cn2cc(Cl)ccc2n1. The van der Waals surface area contributed by atoms with E-state index < -0.39 is 0 Å². The highest BCUT2D eigenvalue weighted by Gasteiger charge is 2.06. The van der Waals surface area contributed by atoms with Crippen molar-refractivity contribution >= 4 is 23.2 Å². The molecule has 0 aromatic carbocycles. The average Bonchev–Trinajstić information content (AvgIpc) is 2.67. The molecule has 0 spiro atoms. The van der Waals surface area contributed by atoms with E-state index in [9.17, 15) is 4.79 Å². The molecule has 0 saturated heterocycles. The van der Waals surface area contributed by atoms with Crippen molar-refractivity contribution in [3.8, 4) is 0 Å². The van der Waals surface area contributed by atoms with Crippen molar-refractivity contribution < 1.29 is 4.79 Å². The number of nitrogens with zero attached hydrogens (tertiary/aromatic N) is 2.